The zero-order valence-corrected chi connectivity index (χ0v) is 18.9. The number of pyridine rings is 1. The first-order valence-electron chi connectivity index (χ1n) is 11.5. The van der Waals surface area contributed by atoms with Crippen LogP contribution in [0, 0.1) is 5.92 Å². The molecule has 0 aliphatic carbocycles. The highest BCUT2D eigenvalue weighted by atomic mass is 16.5. The summed E-state index contributed by atoms with van der Waals surface area (Å²) in [6, 6.07) is 17.4. The van der Waals surface area contributed by atoms with Gasteiger partial charge in [-0.3, -0.25) is 14.6 Å². The summed E-state index contributed by atoms with van der Waals surface area (Å²) in [5.41, 5.74) is 3.66. The minimum Gasteiger partial charge on any atom is -0.394 e. The molecule has 0 bridgehead atoms. The Bertz CT molecular complexity index is 1100. The van der Waals surface area contributed by atoms with Crippen LogP contribution in [0.1, 0.15) is 45.2 Å². The van der Waals surface area contributed by atoms with Crippen LogP contribution >= 0.6 is 0 Å². The maximum absolute atomic E-state index is 12.8. The molecule has 7 nitrogen and oxygen atoms in total. The summed E-state index contributed by atoms with van der Waals surface area (Å²) in [6.45, 7) is 1.80. The molecule has 3 aromatic rings. The predicted molar refractivity (Wildman–Crippen MR) is 129 cm³/mol. The van der Waals surface area contributed by atoms with Gasteiger partial charge < -0.3 is 20.5 Å². The number of nitrogens with zero attached hydrogens (tertiary/aromatic N) is 1. The lowest BCUT2D eigenvalue weighted by Gasteiger charge is -2.22. The Hall–Kier alpha value is -3.55. The molecule has 1 aliphatic rings. The van der Waals surface area contributed by atoms with Gasteiger partial charge in [0.15, 0.2) is 0 Å². The average Bonchev–Trinajstić information content (AvgIpc) is 2.91. The molecule has 3 N–H and O–H groups in total. The number of aliphatic hydroxyl groups excluding tert-OH is 1. The van der Waals surface area contributed by atoms with Gasteiger partial charge in [0.05, 0.1) is 12.6 Å². The Balaban J connectivity index is 1.39. The van der Waals surface area contributed by atoms with Gasteiger partial charge in [0.1, 0.15) is 0 Å². The van der Waals surface area contributed by atoms with Gasteiger partial charge in [0.25, 0.3) is 11.8 Å². The van der Waals surface area contributed by atoms with E-state index in [4.69, 9.17) is 4.74 Å². The van der Waals surface area contributed by atoms with Crippen molar-refractivity contribution in [3.8, 4) is 11.1 Å². The van der Waals surface area contributed by atoms with E-state index < -0.39 is 6.04 Å². The molecule has 2 heterocycles. The highest BCUT2D eigenvalue weighted by Gasteiger charge is 2.18. The third kappa shape index (κ3) is 6.07. The number of hydrogen-bond donors (Lipinski definition) is 3. The summed E-state index contributed by atoms with van der Waals surface area (Å²) in [7, 11) is 0. The van der Waals surface area contributed by atoms with Gasteiger partial charge in [-0.2, -0.15) is 0 Å². The average molecular weight is 460 g/mol. The van der Waals surface area contributed by atoms with Gasteiger partial charge in [0, 0.05) is 43.3 Å². The summed E-state index contributed by atoms with van der Waals surface area (Å²) in [5.74, 6) is -0.0342. The van der Waals surface area contributed by atoms with Gasteiger partial charge in [-0.15, -0.1) is 0 Å². The number of benzene rings is 2. The molecular formula is C27H29N3O4. The van der Waals surface area contributed by atoms with Crippen molar-refractivity contribution in [3.63, 3.8) is 0 Å². The molecule has 1 atom stereocenters. The molecule has 4 rings (SSSR count). The molecule has 0 unspecified atom stereocenters. The lowest BCUT2D eigenvalue weighted by Crippen LogP contribution is -2.33. The molecule has 7 heteroatoms. The molecule has 2 aromatic carbocycles. The maximum atomic E-state index is 12.8. The van der Waals surface area contributed by atoms with Gasteiger partial charge in [-0.05, 0) is 71.8 Å². The number of aromatic nitrogens is 1. The fourth-order valence-electron chi connectivity index (χ4n) is 4.02. The van der Waals surface area contributed by atoms with Crippen LogP contribution < -0.4 is 10.6 Å². The fourth-order valence-corrected chi connectivity index (χ4v) is 4.02. The number of ether oxygens (including phenoxy) is 1. The maximum Gasteiger partial charge on any atom is 0.251 e. The first-order chi connectivity index (χ1) is 16.6. The van der Waals surface area contributed by atoms with E-state index in [1.807, 2.05) is 24.3 Å². The van der Waals surface area contributed by atoms with E-state index in [-0.39, 0.29) is 18.4 Å². The molecular weight excluding hydrogens is 430 g/mol. The van der Waals surface area contributed by atoms with Crippen molar-refractivity contribution < 1.29 is 19.4 Å². The number of carbonyl (C=O) groups excluding carboxylic acids is 2. The van der Waals surface area contributed by atoms with Crippen molar-refractivity contribution in [1.29, 1.82) is 0 Å². The third-order valence-corrected chi connectivity index (χ3v) is 6.09. The number of carbonyl (C=O) groups is 2. The smallest absolute Gasteiger partial charge is 0.251 e. The Morgan fingerprint density at radius 1 is 0.941 bits per heavy atom. The number of hydrogen-bond acceptors (Lipinski definition) is 5. The fraction of sp³-hybridized carbons (Fsp3) is 0.296. The van der Waals surface area contributed by atoms with E-state index in [1.165, 1.54) is 0 Å². The highest BCUT2D eigenvalue weighted by Crippen LogP contribution is 2.20. The van der Waals surface area contributed by atoms with Crippen LogP contribution in [0.4, 0.5) is 0 Å². The zero-order chi connectivity index (χ0) is 23.8. The van der Waals surface area contributed by atoms with Crippen LogP contribution in [0.25, 0.3) is 11.1 Å². The van der Waals surface area contributed by atoms with Crippen LogP contribution in [0.2, 0.25) is 0 Å². The highest BCUT2D eigenvalue weighted by molar-refractivity contribution is 5.95. The topological polar surface area (TPSA) is 101 Å². The number of aliphatic hydroxyl groups is 1. The monoisotopic (exact) mass is 459 g/mol. The van der Waals surface area contributed by atoms with E-state index in [2.05, 4.69) is 15.6 Å². The standard InChI is InChI=1S/C27H29N3O4/c31-18-25(30-27(33)22-6-4-20(5-7-22)21-8-12-28-13-9-21)23-2-1-3-24(16-23)26(32)29-17-19-10-14-34-15-11-19/h1-9,12-13,16,19,25,31H,10-11,14-15,17-18H2,(H,29,32)(H,30,33)/t25-/m1/s1. The summed E-state index contributed by atoms with van der Waals surface area (Å²) >= 11 is 0. The minimum atomic E-state index is -0.629. The largest absolute Gasteiger partial charge is 0.394 e. The molecule has 1 fully saturated rings. The predicted octanol–water partition coefficient (Wildman–Crippen LogP) is 3.37. The quantitative estimate of drug-likeness (QED) is 0.480. The zero-order valence-electron chi connectivity index (χ0n) is 18.9. The first-order valence-corrected chi connectivity index (χ1v) is 11.5. The molecule has 1 saturated heterocycles. The summed E-state index contributed by atoms with van der Waals surface area (Å²) in [5, 5.41) is 15.8. The van der Waals surface area contributed by atoms with Crippen molar-refractivity contribution in [1.82, 2.24) is 15.6 Å². The van der Waals surface area contributed by atoms with Crippen LogP contribution in [0.5, 0.6) is 0 Å². The minimum absolute atomic E-state index is 0.164. The number of amides is 2. The van der Waals surface area contributed by atoms with E-state index in [0.717, 1.165) is 37.2 Å². The van der Waals surface area contributed by atoms with E-state index in [1.54, 1.807) is 48.8 Å². The van der Waals surface area contributed by atoms with E-state index in [0.29, 0.717) is 29.2 Å². The second kappa shape index (κ2) is 11.5. The summed E-state index contributed by atoms with van der Waals surface area (Å²) in [4.78, 5) is 29.5. The van der Waals surface area contributed by atoms with Crippen LogP contribution in [-0.2, 0) is 4.74 Å². The number of rotatable bonds is 8. The van der Waals surface area contributed by atoms with E-state index >= 15 is 0 Å². The van der Waals surface area contributed by atoms with Crippen molar-refractivity contribution in [3.05, 3.63) is 89.7 Å². The first kappa shape index (κ1) is 23.6. The Labute approximate surface area is 199 Å². The molecule has 0 spiro atoms. The molecule has 2 amide bonds. The Morgan fingerprint density at radius 2 is 1.65 bits per heavy atom. The molecule has 0 saturated carbocycles. The van der Waals surface area contributed by atoms with Crippen molar-refractivity contribution in [2.75, 3.05) is 26.4 Å². The van der Waals surface area contributed by atoms with E-state index in [9.17, 15) is 14.7 Å². The van der Waals surface area contributed by atoms with Crippen molar-refractivity contribution >= 4 is 11.8 Å². The molecule has 1 aromatic heterocycles. The molecule has 1 aliphatic heterocycles. The van der Waals surface area contributed by atoms with Crippen molar-refractivity contribution in [2.24, 2.45) is 5.92 Å². The third-order valence-electron chi connectivity index (χ3n) is 6.09. The molecule has 34 heavy (non-hydrogen) atoms. The SMILES string of the molecule is O=C(NCC1CCOCC1)c1cccc([C@@H](CO)NC(=O)c2ccc(-c3ccncc3)cc2)c1. The molecule has 176 valence electrons. The number of nitrogens with one attached hydrogen (secondary N) is 2. The second-order valence-electron chi connectivity index (χ2n) is 8.41. The van der Waals surface area contributed by atoms with Gasteiger partial charge in [-0.25, -0.2) is 0 Å². The molecule has 0 radical (unpaired) electrons. The summed E-state index contributed by atoms with van der Waals surface area (Å²) in [6.07, 6.45) is 5.34. The second-order valence-corrected chi connectivity index (χ2v) is 8.41. The Morgan fingerprint density at radius 3 is 2.35 bits per heavy atom. The Kier molecular flexibility index (Phi) is 8.01. The van der Waals surface area contributed by atoms with Crippen LogP contribution in [-0.4, -0.2) is 48.3 Å². The normalized spacial score (nSPS) is 14.9. The lowest BCUT2D eigenvalue weighted by molar-refractivity contribution is 0.0642. The van der Waals surface area contributed by atoms with Crippen molar-refractivity contribution in [2.45, 2.75) is 18.9 Å². The van der Waals surface area contributed by atoms with Gasteiger partial charge in [0.2, 0.25) is 0 Å². The van der Waals surface area contributed by atoms with Gasteiger partial charge in [-0.1, -0.05) is 24.3 Å². The summed E-state index contributed by atoms with van der Waals surface area (Å²) < 4.78 is 5.36. The lowest BCUT2D eigenvalue weighted by atomic mass is 10.00. The van der Waals surface area contributed by atoms with Crippen LogP contribution in [0.15, 0.2) is 73.1 Å². The van der Waals surface area contributed by atoms with Crippen LogP contribution in [0.3, 0.4) is 0 Å². The van der Waals surface area contributed by atoms with Gasteiger partial charge >= 0.3 is 0 Å².